The second-order valence-corrected chi connectivity index (χ2v) is 6.18. The van der Waals surface area contributed by atoms with Crippen LogP contribution in [0.4, 0.5) is 0 Å². The number of carbonyl (C=O) groups excluding carboxylic acids is 1. The van der Waals surface area contributed by atoms with Crippen LogP contribution in [-0.4, -0.2) is 23.5 Å². The summed E-state index contributed by atoms with van der Waals surface area (Å²) in [6.45, 7) is 7.91. The average molecular weight is 297 g/mol. The number of aryl methyl sites for hydroxylation is 2. The van der Waals surface area contributed by atoms with Crippen molar-refractivity contribution in [2.24, 2.45) is 5.41 Å². The van der Waals surface area contributed by atoms with Gasteiger partial charge in [0.25, 0.3) is 5.91 Å². The molecule has 1 heterocycles. The standard InChI is InChI=1S/C15H23NO3S/c1-5-11-10(4)8-12(20-11)13(17)16-9-15(6-2,7-3)14(18)19/h8H,5-7,9H2,1-4H3,(H,16,17)(H,18,19). The Morgan fingerprint density at radius 3 is 2.30 bits per heavy atom. The SMILES string of the molecule is CCc1sc(C(=O)NCC(CC)(CC)C(=O)O)cc1C. The Kier molecular flexibility index (Phi) is 5.74. The zero-order valence-electron chi connectivity index (χ0n) is 12.6. The molecule has 20 heavy (non-hydrogen) atoms. The Labute approximate surface area is 124 Å². The van der Waals surface area contributed by atoms with Gasteiger partial charge in [-0.05, 0) is 37.8 Å². The third-order valence-corrected chi connectivity index (χ3v) is 5.34. The number of aliphatic carboxylic acids is 1. The summed E-state index contributed by atoms with van der Waals surface area (Å²) in [6, 6.07) is 1.87. The molecule has 0 saturated heterocycles. The van der Waals surface area contributed by atoms with Crippen molar-refractivity contribution in [3.8, 4) is 0 Å². The second-order valence-electron chi connectivity index (χ2n) is 5.05. The quantitative estimate of drug-likeness (QED) is 0.812. The monoisotopic (exact) mass is 297 g/mol. The molecule has 0 unspecified atom stereocenters. The molecule has 0 atom stereocenters. The summed E-state index contributed by atoms with van der Waals surface area (Å²) in [4.78, 5) is 25.4. The first-order valence-corrected chi connectivity index (χ1v) is 7.82. The minimum Gasteiger partial charge on any atom is -0.481 e. The summed E-state index contributed by atoms with van der Waals surface area (Å²) in [5, 5.41) is 12.1. The number of rotatable bonds is 7. The van der Waals surface area contributed by atoms with Crippen molar-refractivity contribution in [3.63, 3.8) is 0 Å². The van der Waals surface area contributed by atoms with Gasteiger partial charge in [0.1, 0.15) is 0 Å². The van der Waals surface area contributed by atoms with E-state index < -0.39 is 11.4 Å². The fraction of sp³-hybridized carbons (Fsp3) is 0.600. The number of hydrogen-bond acceptors (Lipinski definition) is 3. The smallest absolute Gasteiger partial charge is 0.311 e. The van der Waals surface area contributed by atoms with Crippen molar-refractivity contribution in [1.82, 2.24) is 5.32 Å². The van der Waals surface area contributed by atoms with E-state index in [1.165, 1.54) is 16.2 Å². The maximum atomic E-state index is 12.1. The molecule has 0 fully saturated rings. The third-order valence-electron chi connectivity index (χ3n) is 3.96. The second kappa shape index (κ2) is 6.88. The maximum Gasteiger partial charge on any atom is 0.311 e. The van der Waals surface area contributed by atoms with Gasteiger partial charge < -0.3 is 10.4 Å². The molecule has 2 N–H and O–H groups in total. The first-order valence-electron chi connectivity index (χ1n) is 7.01. The highest BCUT2D eigenvalue weighted by molar-refractivity contribution is 7.14. The molecule has 0 radical (unpaired) electrons. The van der Waals surface area contributed by atoms with Gasteiger partial charge in [-0.15, -0.1) is 11.3 Å². The normalized spacial score (nSPS) is 11.4. The van der Waals surface area contributed by atoms with Crippen LogP contribution in [0.2, 0.25) is 0 Å². The average Bonchev–Trinajstić information content (AvgIpc) is 2.81. The number of carbonyl (C=O) groups is 2. The summed E-state index contributed by atoms with van der Waals surface area (Å²) in [7, 11) is 0. The van der Waals surface area contributed by atoms with Crippen molar-refractivity contribution in [3.05, 3.63) is 21.4 Å². The minimum atomic E-state index is -0.866. The fourth-order valence-electron chi connectivity index (χ4n) is 2.20. The zero-order valence-corrected chi connectivity index (χ0v) is 13.4. The van der Waals surface area contributed by atoms with Gasteiger partial charge in [0, 0.05) is 11.4 Å². The first-order chi connectivity index (χ1) is 9.40. The van der Waals surface area contributed by atoms with E-state index in [1.54, 1.807) is 0 Å². The lowest BCUT2D eigenvalue weighted by molar-refractivity contribution is -0.149. The van der Waals surface area contributed by atoms with E-state index in [-0.39, 0.29) is 12.5 Å². The number of thiophene rings is 1. The van der Waals surface area contributed by atoms with Crippen LogP contribution in [-0.2, 0) is 11.2 Å². The molecular weight excluding hydrogens is 274 g/mol. The van der Waals surface area contributed by atoms with Crippen LogP contribution in [0.1, 0.15) is 53.7 Å². The molecule has 5 heteroatoms. The predicted octanol–water partition coefficient (Wildman–Crippen LogP) is 3.24. The topological polar surface area (TPSA) is 66.4 Å². The molecule has 112 valence electrons. The lowest BCUT2D eigenvalue weighted by Gasteiger charge is -2.26. The van der Waals surface area contributed by atoms with E-state index in [4.69, 9.17) is 0 Å². The molecule has 0 bridgehead atoms. The van der Waals surface area contributed by atoms with E-state index in [0.29, 0.717) is 17.7 Å². The fourth-order valence-corrected chi connectivity index (χ4v) is 3.23. The Hall–Kier alpha value is -1.36. The van der Waals surface area contributed by atoms with Crippen LogP contribution < -0.4 is 5.32 Å². The van der Waals surface area contributed by atoms with Gasteiger partial charge in [-0.1, -0.05) is 20.8 Å². The van der Waals surface area contributed by atoms with Crippen LogP contribution in [0.25, 0.3) is 0 Å². The van der Waals surface area contributed by atoms with Gasteiger partial charge in [-0.25, -0.2) is 0 Å². The Balaban J connectivity index is 2.77. The highest BCUT2D eigenvalue weighted by atomic mass is 32.1. The van der Waals surface area contributed by atoms with E-state index in [9.17, 15) is 14.7 Å². The maximum absolute atomic E-state index is 12.1. The molecule has 0 saturated carbocycles. The van der Waals surface area contributed by atoms with E-state index in [1.807, 2.05) is 26.8 Å². The molecule has 1 aromatic rings. The van der Waals surface area contributed by atoms with Crippen molar-refractivity contribution in [1.29, 1.82) is 0 Å². The molecule has 0 aliphatic heterocycles. The van der Waals surface area contributed by atoms with Gasteiger partial charge in [0.05, 0.1) is 10.3 Å². The van der Waals surface area contributed by atoms with Crippen LogP contribution >= 0.6 is 11.3 Å². The molecule has 0 aromatic carbocycles. The number of hydrogen-bond donors (Lipinski definition) is 2. The molecule has 0 spiro atoms. The third kappa shape index (κ3) is 3.39. The lowest BCUT2D eigenvalue weighted by atomic mass is 9.82. The first kappa shape index (κ1) is 16.7. The van der Waals surface area contributed by atoms with Crippen molar-refractivity contribution < 1.29 is 14.7 Å². The largest absolute Gasteiger partial charge is 0.481 e. The zero-order chi connectivity index (χ0) is 15.3. The number of carboxylic acid groups (broad SMARTS) is 1. The molecule has 4 nitrogen and oxygen atoms in total. The van der Waals surface area contributed by atoms with Crippen LogP contribution in [0.3, 0.4) is 0 Å². The summed E-state index contributed by atoms with van der Waals surface area (Å²) >= 11 is 1.48. The van der Waals surface area contributed by atoms with Crippen LogP contribution in [0.15, 0.2) is 6.07 Å². The molecular formula is C15H23NO3S. The number of carboxylic acids is 1. The van der Waals surface area contributed by atoms with Crippen molar-refractivity contribution in [2.75, 3.05) is 6.54 Å². The minimum absolute atomic E-state index is 0.173. The summed E-state index contributed by atoms with van der Waals surface area (Å²) in [5.74, 6) is -1.02. The number of nitrogens with one attached hydrogen (secondary N) is 1. The predicted molar refractivity (Wildman–Crippen MR) is 81.4 cm³/mol. The summed E-state index contributed by atoms with van der Waals surface area (Å²) < 4.78 is 0. The Morgan fingerprint density at radius 2 is 1.90 bits per heavy atom. The highest BCUT2D eigenvalue weighted by Crippen LogP contribution is 2.27. The molecule has 1 amide bonds. The molecule has 0 aliphatic rings. The van der Waals surface area contributed by atoms with Crippen molar-refractivity contribution >= 4 is 23.2 Å². The van der Waals surface area contributed by atoms with Gasteiger partial charge in [0.2, 0.25) is 0 Å². The number of amides is 1. The highest BCUT2D eigenvalue weighted by Gasteiger charge is 2.35. The molecule has 1 rings (SSSR count). The van der Waals surface area contributed by atoms with Gasteiger partial charge in [0.15, 0.2) is 0 Å². The van der Waals surface area contributed by atoms with E-state index in [2.05, 4.69) is 12.2 Å². The molecule has 0 aliphatic carbocycles. The molecule has 1 aromatic heterocycles. The summed E-state index contributed by atoms with van der Waals surface area (Å²) in [6.07, 6.45) is 1.92. The van der Waals surface area contributed by atoms with Gasteiger partial charge in [-0.3, -0.25) is 9.59 Å². The van der Waals surface area contributed by atoms with E-state index >= 15 is 0 Å². The van der Waals surface area contributed by atoms with Crippen LogP contribution in [0, 0.1) is 12.3 Å². The van der Waals surface area contributed by atoms with Gasteiger partial charge >= 0.3 is 5.97 Å². The Morgan fingerprint density at radius 1 is 1.30 bits per heavy atom. The van der Waals surface area contributed by atoms with Crippen molar-refractivity contribution in [2.45, 2.75) is 47.0 Å². The lowest BCUT2D eigenvalue weighted by Crippen LogP contribution is -2.42. The van der Waals surface area contributed by atoms with E-state index in [0.717, 1.165) is 12.0 Å². The van der Waals surface area contributed by atoms with Gasteiger partial charge in [-0.2, -0.15) is 0 Å². The summed E-state index contributed by atoms with van der Waals surface area (Å²) in [5.41, 5.74) is 0.258. The Bertz CT molecular complexity index is 489. The van der Waals surface area contributed by atoms with Crippen LogP contribution in [0.5, 0.6) is 0 Å².